The van der Waals surface area contributed by atoms with Crippen molar-refractivity contribution in [1.29, 1.82) is 0 Å². The lowest BCUT2D eigenvalue weighted by molar-refractivity contribution is -0.144. The maximum absolute atomic E-state index is 13.0. The van der Waals surface area contributed by atoms with Gasteiger partial charge in [-0.25, -0.2) is 4.79 Å². The molecule has 1 fully saturated rings. The summed E-state index contributed by atoms with van der Waals surface area (Å²) in [6, 6.07) is 13.9. The highest BCUT2D eigenvalue weighted by Gasteiger charge is 2.54. The molecule has 2 aromatic carbocycles. The van der Waals surface area contributed by atoms with Gasteiger partial charge in [0, 0.05) is 41.1 Å². The number of pyridine rings is 1. The maximum atomic E-state index is 13.0. The molecule has 2 N–H and O–H groups in total. The summed E-state index contributed by atoms with van der Waals surface area (Å²) < 4.78 is 19.5. The van der Waals surface area contributed by atoms with Crippen molar-refractivity contribution in [3.05, 3.63) is 76.1 Å². The molecular weight excluding hydrogens is 650 g/mol. The van der Waals surface area contributed by atoms with Crippen LogP contribution < -0.4 is 19.5 Å². The predicted molar refractivity (Wildman–Crippen MR) is 197 cm³/mol. The molecule has 50 heavy (non-hydrogen) atoms. The molecule has 0 amide bonds. The third-order valence-electron chi connectivity index (χ3n) is 12.0. The van der Waals surface area contributed by atoms with Crippen LogP contribution in [-0.4, -0.2) is 66.5 Å². The molecule has 4 atom stereocenters. The van der Waals surface area contributed by atoms with Gasteiger partial charge in [0.15, 0.2) is 11.5 Å². The molecule has 0 radical (unpaired) electrons. The Labute approximate surface area is 301 Å². The number of rotatable bonds is 11. The molecular formula is C41H52ClN3O5. The molecule has 4 aliphatic rings. The van der Waals surface area contributed by atoms with Gasteiger partial charge in [-0.05, 0) is 143 Å². The number of aliphatic carboxylic acids is 1. The van der Waals surface area contributed by atoms with Gasteiger partial charge in [-0.2, -0.15) is 0 Å². The third-order valence-corrected chi connectivity index (χ3v) is 12.2. The zero-order valence-electron chi connectivity index (χ0n) is 30.0. The molecule has 2 heterocycles. The summed E-state index contributed by atoms with van der Waals surface area (Å²) >= 11 is 6.29. The summed E-state index contributed by atoms with van der Waals surface area (Å²) in [5.41, 5.74) is 4.59. The Morgan fingerprint density at radius 2 is 1.98 bits per heavy atom. The third kappa shape index (κ3) is 6.90. The highest BCUT2D eigenvalue weighted by atomic mass is 35.5. The second kappa shape index (κ2) is 14.3. The molecule has 268 valence electrons. The van der Waals surface area contributed by atoms with Gasteiger partial charge in [-0.3, -0.25) is 4.98 Å². The van der Waals surface area contributed by atoms with Gasteiger partial charge in [0.25, 0.3) is 0 Å². The van der Waals surface area contributed by atoms with E-state index in [2.05, 4.69) is 55.3 Å². The van der Waals surface area contributed by atoms with Crippen LogP contribution in [0.2, 0.25) is 5.02 Å². The zero-order chi connectivity index (χ0) is 35.0. The van der Waals surface area contributed by atoms with Crippen molar-refractivity contribution in [2.24, 2.45) is 11.8 Å². The molecule has 3 aliphatic carbocycles. The van der Waals surface area contributed by atoms with Crippen LogP contribution in [0.15, 0.2) is 48.7 Å². The number of ether oxygens (including phenoxy) is 3. The fourth-order valence-corrected chi connectivity index (χ4v) is 9.45. The molecule has 9 heteroatoms. The van der Waals surface area contributed by atoms with Gasteiger partial charge in [0.05, 0.1) is 6.61 Å². The Morgan fingerprint density at radius 3 is 2.74 bits per heavy atom. The number of anilines is 1. The van der Waals surface area contributed by atoms with E-state index in [0.29, 0.717) is 48.8 Å². The minimum Gasteiger partial charge on any atom is -0.493 e. The van der Waals surface area contributed by atoms with E-state index in [4.69, 9.17) is 25.8 Å². The number of aromatic nitrogens is 1. The van der Waals surface area contributed by atoms with Crippen LogP contribution in [0.3, 0.4) is 0 Å². The van der Waals surface area contributed by atoms with E-state index in [-0.39, 0.29) is 11.5 Å². The molecule has 8 nitrogen and oxygen atoms in total. The van der Waals surface area contributed by atoms with E-state index in [0.717, 1.165) is 68.0 Å². The van der Waals surface area contributed by atoms with Crippen molar-refractivity contribution in [3.63, 3.8) is 0 Å². The molecule has 1 spiro atoms. The monoisotopic (exact) mass is 701 g/mol. The normalized spacial score (nSPS) is 27.4. The van der Waals surface area contributed by atoms with E-state index in [1.54, 1.807) is 0 Å². The van der Waals surface area contributed by atoms with Gasteiger partial charge in [-0.15, -0.1) is 0 Å². The Kier molecular flexibility index (Phi) is 9.97. The average molecular weight is 702 g/mol. The first-order valence-electron chi connectivity index (χ1n) is 18.5. The smallest absolute Gasteiger partial charge is 0.329 e. The number of benzene rings is 2. The lowest BCUT2D eigenvalue weighted by Crippen LogP contribution is -2.53. The molecule has 1 aliphatic heterocycles. The van der Waals surface area contributed by atoms with E-state index in [1.807, 2.05) is 36.5 Å². The van der Waals surface area contributed by atoms with Gasteiger partial charge >= 0.3 is 5.97 Å². The first kappa shape index (κ1) is 34.9. The first-order chi connectivity index (χ1) is 24.0. The standard InChI is InChI=1S/C41H52ClN3O5/c1-26(24-48-35-11-17-43-34-10-5-7-27(2)38(34)35)19-29-20-28-21-36-37(50-32(25-49-36)12-18-45(3)4)23-33(28)40(29)13-15-41(16-14-40,39(46)47)44-31-9-6-8-30(42)22-31/h6,8-9,11,17,21-23,26-27,29,32,44H,5,7,10,12-16,18-20,24-25H2,1-4H3,(H,46,47)/t26-,27-,29+,32+,40?,41?/m1/s1. The largest absolute Gasteiger partial charge is 0.493 e. The Balaban J connectivity index is 1.15. The highest BCUT2D eigenvalue weighted by molar-refractivity contribution is 6.30. The zero-order valence-corrected chi connectivity index (χ0v) is 30.7. The van der Waals surface area contributed by atoms with E-state index in [9.17, 15) is 9.90 Å². The van der Waals surface area contributed by atoms with Crippen molar-refractivity contribution >= 4 is 23.3 Å². The number of hydrogen-bond donors (Lipinski definition) is 2. The second-order valence-electron chi connectivity index (χ2n) is 15.8. The molecule has 0 unspecified atom stereocenters. The number of carboxylic acids is 1. The molecule has 0 saturated heterocycles. The summed E-state index contributed by atoms with van der Waals surface area (Å²) in [7, 11) is 4.15. The molecule has 0 bridgehead atoms. The lowest BCUT2D eigenvalue weighted by Gasteiger charge is -2.47. The van der Waals surface area contributed by atoms with E-state index in [1.165, 1.54) is 35.2 Å². The Hall–Kier alpha value is -3.49. The second-order valence-corrected chi connectivity index (χ2v) is 16.2. The van der Waals surface area contributed by atoms with Crippen LogP contribution in [-0.2, 0) is 23.1 Å². The number of nitrogens with one attached hydrogen (secondary N) is 1. The number of nitrogens with zero attached hydrogens (tertiary/aromatic N) is 2. The van der Waals surface area contributed by atoms with Crippen LogP contribution in [0.5, 0.6) is 17.2 Å². The summed E-state index contributed by atoms with van der Waals surface area (Å²) in [6.07, 6.45) is 10.6. The summed E-state index contributed by atoms with van der Waals surface area (Å²) in [6.45, 7) is 6.70. The Bertz CT molecular complexity index is 1700. The van der Waals surface area contributed by atoms with E-state index >= 15 is 0 Å². The summed E-state index contributed by atoms with van der Waals surface area (Å²) in [5.74, 6) is 2.92. The predicted octanol–water partition coefficient (Wildman–Crippen LogP) is 8.29. The van der Waals surface area contributed by atoms with Crippen LogP contribution in [0, 0.1) is 11.8 Å². The minimum atomic E-state index is -1.07. The maximum Gasteiger partial charge on any atom is 0.329 e. The Morgan fingerprint density at radius 1 is 1.16 bits per heavy atom. The topological polar surface area (TPSA) is 93.2 Å². The fraction of sp³-hybridized carbons (Fsp3) is 0.561. The minimum absolute atomic E-state index is 0.00262. The molecule has 1 saturated carbocycles. The number of carboxylic acid groups (broad SMARTS) is 1. The molecule has 7 rings (SSSR count). The SMILES string of the molecule is C[C@@H](COc1ccnc2c1[C@H](C)CCC2)C[C@H]1Cc2cc3c(cc2C12CCC(Nc1cccc(Cl)c1)(C(=O)O)CC2)O[C@@H](CCN(C)C)CO3. The highest BCUT2D eigenvalue weighted by Crippen LogP contribution is 2.58. The van der Waals surface area contributed by atoms with Crippen molar-refractivity contribution in [3.8, 4) is 17.2 Å². The van der Waals surface area contributed by atoms with Crippen molar-refractivity contribution in [2.75, 3.05) is 39.2 Å². The van der Waals surface area contributed by atoms with Crippen molar-refractivity contribution in [2.45, 2.75) is 101 Å². The van der Waals surface area contributed by atoms with Gasteiger partial charge in [-0.1, -0.05) is 31.5 Å². The van der Waals surface area contributed by atoms with Crippen molar-refractivity contribution < 1.29 is 24.1 Å². The van der Waals surface area contributed by atoms with Crippen LogP contribution in [0.1, 0.15) is 93.5 Å². The van der Waals surface area contributed by atoms with Crippen LogP contribution in [0.4, 0.5) is 5.69 Å². The summed E-state index contributed by atoms with van der Waals surface area (Å²) in [5, 5.41) is 14.7. The first-order valence-corrected chi connectivity index (χ1v) is 18.9. The van der Waals surface area contributed by atoms with E-state index < -0.39 is 11.5 Å². The quantitative estimate of drug-likeness (QED) is 0.206. The molecule has 1 aromatic heterocycles. The number of halogens is 1. The molecule has 3 aromatic rings. The van der Waals surface area contributed by atoms with Crippen LogP contribution in [0.25, 0.3) is 0 Å². The number of fused-ring (bicyclic) bond motifs is 4. The number of aryl methyl sites for hydroxylation is 1. The average Bonchev–Trinajstić information content (AvgIpc) is 3.37. The van der Waals surface area contributed by atoms with Gasteiger partial charge < -0.3 is 29.5 Å². The number of carbonyl (C=O) groups is 1. The number of hydrogen-bond acceptors (Lipinski definition) is 7. The fourth-order valence-electron chi connectivity index (χ4n) is 9.26. The van der Waals surface area contributed by atoms with Crippen molar-refractivity contribution in [1.82, 2.24) is 9.88 Å². The lowest BCUT2D eigenvalue weighted by atomic mass is 9.59. The van der Waals surface area contributed by atoms with Gasteiger partial charge in [0.1, 0.15) is 24.0 Å². The van der Waals surface area contributed by atoms with Crippen LogP contribution >= 0.6 is 11.6 Å². The van der Waals surface area contributed by atoms with Gasteiger partial charge in [0.2, 0.25) is 0 Å². The summed E-state index contributed by atoms with van der Waals surface area (Å²) in [4.78, 5) is 19.8.